The number of rotatable bonds is 7. The molecular weight excluding hydrogens is 422 g/mol. The molecule has 0 bridgehead atoms. The number of fused-ring (bicyclic) bond motifs is 1. The number of allylic oxidation sites excluding steroid dienone is 4. The summed E-state index contributed by atoms with van der Waals surface area (Å²) in [7, 11) is 1.40. The van der Waals surface area contributed by atoms with Gasteiger partial charge >= 0.3 is 5.97 Å². The Labute approximate surface area is 195 Å². The summed E-state index contributed by atoms with van der Waals surface area (Å²) in [5, 5.41) is 31.1. The van der Waals surface area contributed by atoms with Crippen LogP contribution in [0.25, 0.3) is 0 Å². The smallest absolute Gasteiger partial charge is 0.336 e. The van der Waals surface area contributed by atoms with E-state index in [9.17, 15) is 29.7 Å². The molecule has 3 aliphatic rings. The summed E-state index contributed by atoms with van der Waals surface area (Å²) in [6, 6.07) is -1.14. The third kappa shape index (κ3) is 4.65. The Balaban J connectivity index is 1.85. The van der Waals surface area contributed by atoms with Crippen molar-refractivity contribution in [1.29, 1.82) is 0 Å². The number of aliphatic carboxylic acids is 1. The average Bonchev–Trinajstić information content (AvgIpc) is 3.00. The minimum atomic E-state index is -2.15. The van der Waals surface area contributed by atoms with Gasteiger partial charge in [-0.1, -0.05) is 58.3 Å². The lowest BCUT2D eigenvalue weighted by Gasteiger charge is -2.40. The number of hydrogen-bond acceptors (Lipinski definition) is 5. The van der Waals surface area contributed by atoms with Crippen LogP contribution in [-0.4, -0.2) is 56.6 Å². The van der Waals surface area contributed by atoms with Crippen molar-refractivity contribution in [3.63, 3.8) is 0 Å². The fraction of sp³-hybridized carbons (Fsp3) is 0.654. The molecule has 1 amide bonds. The zero-order valence-electron chi connectivity index (χ0n) is 20.0. The van der Waals surface area contributed by atoms with Crippen LogP contribution in [-0.2, 0) is 14.4 Å². The van der Waals surface area contributed by atoms with Gasteiger partial charge in [0.05, 0.1) is 6.04 Å². The number of nitrogens with zero attached hydrogens (tertiary/aromatic N) is 1. The van der Waals surface area contributed by atoms with Crippen molar-refractivity contribution in [3.8, 4) is 0 Å². The second-order valence-corrected chi connectivity index (χ2v) is 10.1. The normalized spacial score (nSPS) is 34.3. The highest BCUT2D eigenvalue weighted by Crippen LogP contribution is 2.43. The van der Waals surface area contributed by atoms with Gasteiger partial charge in [0.1, 0.15) is 11.3 Å². The highest BCUT2D eigenvalue weighted by molar-refractivity contribution is 6.27. The fourth-order valence-corrected chi connectivity index (χ4v) is 5.71. The van der Waals surface area contributed by atoms with Gasteiger partial charge in [0, 0.05) is 13.5 Å². The number of hydrogen-bond donors (Lipinski definition) is 3. The van der Waals surface area contributed by atoms with Crippen LogP contribution in [0.1, 0.15) is 59.3 Å². The third-order valence-electron chi connectivity index (χ3n) is 8.22. The second kappa shape index (κ2) is 9.84. The monoisotopic (exact) mass is 459 g/mol. The van der Waals surface area contributed by atoms with Gasteiger partial charge < -0.3 is 20.2 Å². The first-order valence-corrected chi connectivity index (χ1v) is 12.1. The van der Waals surface area contributed by atoms with Crippen LogP contribution < -0.4 is 0 Å². The molecule has 7 atom stereocenters. The van der Waals surface area contributed by atoms with Gasteiger partial charge in [-0.15, -0.1) is 0 Å². The molecule has 7 nitrogen and oxygen atoms in total. The number of amides is 1. The van der Waals surface area contributed by atoms with Crippen LogP contribution in [0, 0.1) is 29.6 Å². The van der Waals surface area contributed by atoms with Crippen molar-refractivity contribution >= 4 is 17.7 Å². The number of ketones is 1. The van der Waals surface area contributed by atoms with E-state index in [1.807, 2.05) is 6.08 Å². The molecule has 1 heterocycles. The molecule has 0 spiro atoms. The van der Waals surface area contributed by atoms with E-state index in [-0.39, 0.29) is 11.5 Å². The van der Waals surface area contributed by atoms with Crippen LogP contribution in [0.2, 0.25) is 0 Å². The van der Waals surface area contributed by atoms with Crippen molar-refractivity contribution in [3.05, 3.63) is 35.6 Å². The first kappa shape index (κ1) is 25.2. The van der Waals surface area contributed by atoms with E-state index in [0.717, 1.165) is 17.7 Å². The van der Waals surface area contributed by atoms with E-state index >= 15 is 0 Å². The molecule has 7 unspecified atom stereocenters. The van der Waals surface area contributed by atoms with Crippen LogP contribution >= 0.6 is 0 Å². The fourth-order valence-electron chi connectivity index (χ4n) is 5.71. The highest BCUT2D eigenvalue weighted by atomic mass is 16.4. The number of likely N-dealkylation sites (N-methyl/N-ethyl adjacent to an activating group) is 1. The molecule has 7 heteroatoms. The Kier molecular flexibility index (Phi) is 7.52. The van der Waals surface area contributed by atoms with Crippen LogP contribution in [0.5, 0.6) is 0 Å². The summed E-state index contributed by atoms with van der Waals surface area (Å²) in [6.07, 6.45) is 12.6. The maximum Gasteiger partial charge on any atom is 0.336 e. The maximum absolute atomic E-state index is 13.1. The minimum absolute atomic E-state index is 0.214. The van der Waals surface area contributed by atoms with E-state index < -0.39 is 47.4 Å². The third-order valence-corrected chi connectivity index (χ3v) is 8.22. The van der Waals surface area contributed by atoms with Gasteiger partial charge in [0.25, 0.3) is 5.91 Å². The summed E-state index contributed by atoms with van der Waals surface area (Å²) in [6.45, 7) is 5.49. The van der Waals surface area contributed by atoms with Crippen molar-refractivity contribution in [2.24, 2.45) is 29.6 Å². The lowest BCUT2D eigenvalue weighted by molar-refractivity contribution is -0.167. The molecule has 1 saturated carbocycles. The van der Waals surface area contributed by atoms with E-state index in [0.29, 0.717) is 24.2 Å². The van der Waals surface area contributed by atoms with Crippen LogP contribution in [0.4, 0.5) is 0 Å². The number of carboxylic acid groups (broad SMARTS) is 1. The first-order valence-electron chi connectivity index (χ1n) is 12.1. The molecule has 0 aromatic heterocycles. The SMILES string of the molecule is CCC(C)C(O)(CC1C(=O)C(=C(O)C=CC2C(C)C=CC3CCCCC32)C(=O)N1C)C(=O)O. The summed E-state index contributed by atoms with van der Waals surface area (Å²) in [4.78, 5) is 38.8. The molecule has 0 radical (unpaired) electrons. The quantitative estimate of drug-likeness (QED) is 0.232. The number of aliphatic hydroxyl groups is 2. The lowest BCUT2D eigenvalue weighted by Crippen LogP contribution is -2.50. The standard InChI is InChI=1S/C26H37NO6/c1-5-16(3)26(33,25(31)32)14-20-23(29)22(24(30)27(20)4)21(28)13-12-18-15(2)10-11-17-8-6-7-9-19(17)18/h10-13,15-20,28,33H,5-9,14H2,1-4H3,(H,31,32). The Bertz CT molecular complexity index is 889. The van der Waals surface area contributed by atoms with E-state index in [4.69, 9.17) is 0 Å². The molecule has 1 saturated heterocycles. The Morgan fingerprint density at radius 3 is 2.55 bits per heavy atom. The Morgan fingerprint density at radius 1 is 1.24 bits per heavy atom. The first-order chi connectivity index (χ1) is 15.5. The number of Topliss-reactive ketones (excluding diaryl/α,β-unsaturated/α-hetero) is 1. The minimum Gasteiger partial charge on any atom is -0.507 e. The second-order valence-electron chi connectivity index (χ2n) is 10.1. The molecule has 2 aliphatic carbocycles. The van der Waals surface area contributed by atoms with Crippen LogP contribution in [0.15, 0.2) is 35.6 Å². The number of carbonyl (C=O) groups is 3. The highest BCUT2D eigenvalue weighted by Gasteiger charge is 2.51. The zero-order valence-corrected chi connectivity index (χ0v) is 20.0. The van der Waals surface area contributed by atoms with E-state index in [1.165, 1.54) is 26.0 Å². The molecule has 2 fully saturated rings. The molecule has 0 aromatic carbocycles. The van der Waals surface area contributed by atoms with Gasteiger partial charge in [-0.2, -0.15) is 0 Å². The Morgan fingerprint density at radius 2 is 1.91 bits per heavy atom. The van der Waals surface area contributed by atoms with Crippen molar-refractivity contribution in [2.45, 2.75) is 70.9 Å². The largest absolute Gasteiger partial charge is 0.507 e. The number of carboxylic acids is 1. The molecule has 182 valence electrons. The number of aliphatic hydroxyl groups excluding tert-OH is 1. The van der Waals surface area contributed by atoms with Crippen molar-refractivity contribution < 1.29 is 29.7 Å². The molecule has 0 aromatic rings. The van der Waals surface area contributed by atoms with E-state index in [2.05, 4.69) is 19.1 Å². The Hall–Kier alpha value is -2.41. The molecular formula is C26H37NO6. The van der Waals surface area contributed by atoms with Gasteiger partial charge in [-0.25, -0.2) is 4.79 Å². The summed E-state index contributed by atoms with van der Waals surface area (Å²) in [5.74, 6) is -2.22. The van der Waals surface area contributed by atoms with Crippen LogP contribution in [0.3, 0.4) is 0 Å². The molecule has 3 rings (SSSR count). The van der Waals surface area contributed by atoms with Gasteiger partial charge in [-0.05, 0) is 48.5 Å². The van der Waals surface area contributed by atoms with Crippen molar-refractivity contribution in [1.82, 2.24) is 4.90 Å². The summed E-state index contributed by atoms with van der Waals surface area (Å²) in [5.41, 5.74) is -2.49. The summed E-state index contributed by atoms with van der Waals surface area (Å²) >= 11 is 0. The topological polar surface area (TPSA) is 115 Å². The predicted octanol–water partition coefficient (Wildman–Crippen LogP) is 3.64. The predicted molar refractivity (Wildman–Crippen MR) is 124 cm³/mol. The molecule has 3 N–H and O–H groups in total. The summed E-state index contributed by atoms with van der Waals surface area (Å²) < 4.78 is 0. The lowest BCUT2D eigenvalue weighted by atomic mass is 9.65. The van der Waals surface area contributed by atoms with Crippen molar-refractivity contribution in [2.75, 3.05) is 7.05 Å². The average molecular weight is 460 g/mol. The molecule has 33 heavy (non-hydrogen) atoms. The van der Waals surface area contributed by atoms with Gasteiger partial charge in [0.2, 0.25) is 0 Å². The maximum atomic E-state index is 13.1. The zero-order chi connectivity index (χ0) is 24.5. The number of carbonyl (C=O) groups excluding carboxylic acids is 2. The van der Waals surface area contributed by atoms with Gasteiger partial charge in [0.15, 0.2) is 11.4 Å². The molecule has 1 aliphatic heterocycles. The van der Waals surface area contributed by atoms with E-state index in [1.54, 1.807) is 13.8 Å². The van der Waals surface area contributed by atoms with Gasteiger partial charge in [-0.3, -0.25) is 9.59 Å². The number of likely N-dealkylation sites (tertiary alicyclic amines) is 1.